The van der Waals surface area contributed by atoms with Gasteiger partial charge in [-0.25, -0.2) is 9.67 Å². The topological polar surface area (TPSA) is 68.6 Å². The quantitative estimate of drug-likeness (QED) is 0.327. The SMILES string of the molecule is COc1nccc2c1c(-c1cn[nH]c1)nn2C(c1ccccc1)(c1ccccc1)c1ccccc1. The number of H-pyrrole nitrogens is 1. The third-order valence-corrected chi connectivity index (χ3v) is 6.42. The summed E-state index contributed by atoms with van der Waals surface area (Å²) in [6.45, 7) is 0. The molecule has 0 radical (unpaired) electrons. The highest BCUT2D eigenvalue weighted by Crippen LogP contribution is 2.44. The van der Waals surface area contributed by atoms with E-state index in [9.17, 15) is 0 Å². The van der Waals surface area contributed by atoms with Gasteiger partial charge in [-0.05, 0) is 22.8 Å². The van der Waals surface area contributed by atoms with Crippen LogP contribution in [-0.4, -0.2) is 32.1 Å². The molecular weight excluding hydrogens is 434 g/mol. The minimum Gasteiger partial charge on any atom is -0.480 e. The number of hydrogen-bond donors (Lipinski definition) is 1. The molecule has 170 valence electrons. The Labute approximate surface area is 202 Å². The van der Waals surface area contributed by atoms with Crippen LogP contribution in [0.3, 0.4) is 0 Å². The van der Waals surface area contributed by atoms with Crippen LogP contribution in [0.1, 0.15) is 16.7 Å². The highest BCUT2D eigenvalue weighted by atomic mass is 16.5. The number of methoxy groups -OCH3 is 1. The Kier molecular flexibility index (Phi) is 5.11. The standard InChI is InChI=1S/C29H23N5O/c1-35-28-26-25(17-18-30-28)34(33-27(26)21-19-31-32-20-21)29(22-11-5-2-6-12-22,23-13-7-3-8-14-23)24-15-9-4-10-16-24/h2-20H,1H3,(H,31,32). The van der Waals surface area contributed by atoms with Gasteiger partial charge in [0.05, 0.1) is 24.2 Å². The molecule has 0 fully saturated rings. The van der Waals surface area contributed by atoms with Crippen molar-refractivity contribution in [3.8, 4) is 17.1 Å². The van der Waals surface area contributed by atoms with Crippen LogP contribution < -0.4 is 4.74 Å². The zero-order chi connectivity index (χ0) is 23.7. The zero-order valence-electron chi connectivity index (χ0n) is 19.2. The summed E-state index contributed by atoms with van der Waals surface area (Å²) >= 11 is 0. The molecule has 0 saturated carbocycles. The Morgan fingerprint density at radius 2 is 1.34 bits per heavy atom. The van der Waals surface area contributed by atoms with Crippen molar-refractivity contribution in [3.05, 3.63) is 132 Å². The molecule has 6 aromatic rings. The lowest BCUT2D eigenvalue weighted by atomic mass is 9.77. The molecule has 0 aliphatic heterocycles. The van der Waals surface area contributed by atoms with E-state index in [2.05, 4.69) is 92.7 Å². The van der Waals surface area contributed by atoms with E-state index in [0.29, 0.717) is 5.88 Å². The summed E-state index contributed by atoms with van der Waals surface area (Å²) in [5.74, 6) is 0.521. The number of nitrogens with zero attached hydrogens (tertiary/aromatic N) is 4. The van der Waals surface area contributed by atoms with Gasteiger partial charge < -0.3 is 4.74 Å². The Morgan fingerprint density at radius 3 is 1.83 bits per heavy atom. The zero-order valence-corrected chi connectivity index (χ0v) is 19.2. The van der Waals surface area contributed by atoms with Gasteiger partial charge >= 0.3 is 0 Å². The third kappa shape index (κ3) is 3.22. The van der Waals surface area contributed by atoms with Gasteiger partial charge in [-0.3, -0.25) is 5.10 Å². The van der Waals surface area contributed by atoms with E-state index in [0.717, 1.165) is 38.9 Å². The predicted molar refractivity (Wildman–Crippen MR) is 136 cm³/mol. The molecule has 3 heterocycles. The average Bonchev–Trinajstić information content (AvgIpc) is 3.60. The highest BCUT2D eigenvalue weighted by Gasteiger charge is 2.41. The van der Waals surface area contributed by atoms with E-state index in [-0.39, 0.29) is 0 Å². The van der Waals surface area contributed by atoms with Gasteiger partial charge in [0.1, 0.15) is 11.2 Å². The fourth-order valence-electron chi connectivity index (χ4n) is 4.93. The summed E-state index contributed by atoms with van der Waals surface area (Å²) in [5.41, 5.74) is 5.05. The Balaban J connectivity index is 1.82. The first-order valence-corrected chi connectivity index (χ1v) is 11.4. The molecule has 3 aromatic carbocycles. The first kappa shape index (κ1) is 20.9. The van der Waals surface area contributed by atoms with E-state index in [1.807, 2.05) is 30.5 Å². The van der Waals surface area contributed by atoms with E-state index >= 15 is 0 Å². The van der Waals surface area contributed by atoms with Gasteiger partial charge in [0, 0.05) is 18.0 Å². The van der Waals surface area contributed by atoms with Crippen molar-refractivity contribution in [1.29, 1.82) is 0 Å². The molecule has 3 aromatic heterocycles. The summed E-state index contributed by atoms with van der Waals surface area (Å²) in [4.78, 5) is 4.50. The number of aromatic nitrogens is 5. The Morgan fingerprint density at radius 1 is 0.771 bits per heavy atom. The van der Waals surface area contributed by atoms with E-state index in [1.165, 1.54) is 0 Å². The molecule has 6 rings (SSSR count). The van der Waals surface area contributed by atoms with Crippen LogP contribution in [0.4, 0.5) is 0 Å². The van der Waals surface area contributed by atoms with Gasteiger partial charge in [-0.2, -0.15) is 10.2 Å². The molecule has 0 aliphatic rings. The molecule has 0 atom stereocenters. The molecule has 6 heteroatoms. The van der Waals surface area contributed by atoms with Crippen LogP contribution >= 0.6 is 0 Å². The molecule has 0 bridgehead atoms. The second-order valence-corrected chi connectivity index (χ2v) is 8.27. The van der Waals surface area contributed by atoms with Crippen molar-refractivity contribution in [2.45, 2.75) is 5.54 Å². The number of ether oxygens (including phenoxy) is 1. The van der Waals surface area contributed by atoms with Crippen LogP contribution in [0.2, 0.25) is 0 Å². The third-order valence-electron chi connectivity index (χ3n) is 6.42. The van der Waals surface area contributed by atoms with Crippen molar-refractivity contribution >= 4 is 10.9 Å². The van der Waals surface area contributed by atoms with Crippen molar-refractivity contribution in [1.82, 2.24) is 25.0 Å². The summed E-state index contributed by atoms with van der Waals surface area (Å²) < 4.78 is 7.82. The van der Waals surface area contributed by atoms with Gasteiger partial charge in [0.25, 0.3) is 0 Å². The minimum absolute atomic E-state index is 0.521. The molecule has 0 saturated heterocycles. The predicted octanol–water partition coefficient (Wildman–Crippen LogP) is 5.67. The molecule has 35 heavy (non-hydrogen) atoms. The lowest BCUT2D eigenvalue weighted by Gasteiger charge is -2.37. The highest BCUT2D eigenvalue weighted by molar-refractivity contribution is 5.97. The monoisotopic (exact) mass is 457 g/mol. The van der Waals surface area contributed by atoms with Crippen LogP contribution in [0.25, 0.3) is 22.2 Å². The summed E-state index contributed by atoms with van der Waals surface area (Å²) in [5, 5.41) is 13.2. The minimum atomic E-state index is -0.754. The van der Waals surface area contributed by atoms with E-state index < -0.39 is 5.54 Å². The number of nitrogens with one attached hydrogen (secondary N) is 1. The maximum atomic E-state index is 5.71. The van der Waals surface area contributed by atoms with Crippen LogP contribution in [0.5, 0.6) is 5.88 Å². The lowest BCUT2D eigenvalue weighted by Crippen LogP contribution is -2.38. The molecular formula is C29H23N5O. The normalized spacial score (nSPS) is 11.6. The van der Waals surface area contributed by atoms with Gasteiger partial charge in [-0.1, -0.05) is 91.0 Å². The second kappa shape index (κ2) is 8.57. The Hall–Kier alpha value is -4.71. The molecule has 1 N–H and O–H groups in total. The summed E-state index contributed by atoms with van der Waals surface area (Å²) in [7, 11) is 1.64. The Bertz CT molecular complexity index is 1460. The van der Waals surface area contributed by atoms with E-state index in [4.69, 9.17) is 9.84 Å². The van der Waals surface area contributed by atoms with Gasteiger partial charge in [0.2, 0.25) is 5.88 Å². The van der Waals surface area contributed by atoms with Crippen LogP contribution in [0.15, 0.2) is 116 Å². The fourth-order valence-corrected chi connectivity index (χ4v) is 4.93. The maximum Gasteiger partial charge on any atom is 0.224 e. The van der Waals surface area contributed by atoms with Crippen molar-refractivity contribution in [2.24, 2.45) is 0 Å². The number of aromatic amines is 1. The van der Waals surface area contributed by atoms with Crippen molar-refractivity contribution < 1.29 is 4.74 Å². The lowest BCUT2D eigenvalue weighted by molar-refractivity contribution is 0.403. The smallest absolute Gasteiger partial charge is 0.224 e. The first-order chi connectivity index (χ1) is 17.3. The number of hydrogen-bond acceptors (Lipinski definition) is 4. The number of pyridine rings is 1. The summed E-state index contributed by atoms with van der Waals surface area (Å²) in [6, 6.07) is 33.5. The second-order valence-electron chi connectivity index (χ2n) is 8.27. The van der Waals surface area contributed by atoms with Crippen molar-refractivity contribution in [2.75, 3.05) is 7.11 Å². The number of rotatable bonds is 6. The van der Waals surface area contributed by atoms with Crippen molar-refractivity contribution in [3.63, 3.8) is 0 Å². The fraction of sp³-hybridized carbons (Fsp3) is 0.0690. The van der Waals surface area contributed by atoms with Gasteiger partial charge in [-0.15, -0.1) is 0 Å². The maximum absolute atomic E-state index is 5.71. The summed E-state index contributed by atoms with van der Waals surface area (Å²) in [6.07, 6.45) is 5.38. The number of fused-ring (bicyclic) bond motifs is 1. The first-order valence-electron chi connectivity index (χ1n) is 11.4. The van der Waals surface area contributed by atoms with Crippen LogP contribution in [0, 0.1) is 0 Å². The molecule has 0 unspecified atom stereocenters. The van der Waals surface area contributed by atoms with Crippen LogP contribution in [-0.2, 0) is 5.54 Å². The molecule has 0 spiro atoms. The van der Waals surface area contributed by atoms with E-state index in [1.54, 1.807) is 19.5 Å². The molecule has 0 amide bonds. The number of benzene rings is 3. The largest absolute Gasteiger partial charge is 0.480 e. The molecule has 0 aliphatic carbocycles. The molecule has 6 nitrogen and oxygen atoms in total. The van der Waals surface area contributed by atoms with Gasteiger partial charge in [0.15, 0.2) is 0 Å². The average molecular weight is 458 g/mol.